The molecule has 1 N–H and O–H groups in total. The maximum absolute atomic E-state index is 3.61. The summed E-state index contributed by atoms with van der Waals surface area (Å²) in [5.41, 5.74) is 0.609. The maximum Gasteiger partial charge on any atom is 0.0219 e. The minimum atomic E-state index is 0.609. The molecule has 0 amide bonds. The average molecular weight is 139 g/mol. The predicted molar refractivity (Wildman–Crippen MR) is 43.0 cm³/mol. The largest absolute Gasteiger partial charge is 0.311 e. The summed E-state index contributed by atoms with van der Waals surface area (Å²) in [5.74, 6) is 1.03. The topological polar surface area (TPSA) is 12.0 Å². The Morgan fingerprint density at radius 2 is 2.40 bits per heavy atom. The first-order valence-electron chi connectivity index (χ1n) is 4.62. The molecule has 1 heteroatoms. The summed E-state index contributed by atoms with van der Waals surface area (Å²) < 4.78 is 0. The molecular formula is C9H17N. The predicted octanol–water partition coefficient (Wildman–Crippen LogP) is 1.93. The molecule has 1 heterocycles. The van der Waals surface area contributed by atoms with Crippen LogP contribution < -0.4 is 5.32 Å². The first kappa shape index (κ1) is 6.66. The fourth-order valence-corrected chi connectivity index (χ4v) is 2.63. The van der Waals surface area contributed by atoms with Crippen LogP contribution in [0.5, 0.6) is 0 Å². The Hall–Kier alpha value is -0.0400. The van der Waals surface area contributed by atoms with Crippen LogP contribution in [0, 0.1) is 5.92 Å². The molecule has 0 aromatic heterocycles. The third-order valence-corrected chi connectivity index (χ3v) is 3.54. The van der Waals surface area contributed by atoms with E-state index in [4.69, 9.17) is 0 Å². The zero-order valence-electron chi connectivity index (χ0n) is 6.82. The number of hydrogen-bond acceptors (Lipinski definition) is 1. The molecule has 1 nitrogen and oxygen atoms in total. The van der Waals surface area contributed by atoms with E-state index in [2.05, 4.69) is 12.2 Å². The molecule has 0 radical (unpaired) electrons. The van der Waals surface area contributed by atoms with Crippen molar-refractivity contribution in [1.82, 2.24) is 5.32 Å². The van der Waals surface area contributed by atoms with E-state index in [1.807, 2.05) is 0 Å². The molecule has 1 aliphatic carbocycles. The lowest BCUT2D eigenvalue weighted by Crippen LogP contribution is -2.65. The van der Waals surface area contributed by atoms with Gasteiger partial charge >= 0.3 is 0 Å². The lowest BCUT2D eigenvalue weighted by Gasteiger charge is -2.53. The second kappa shape index (κ2) is 2.23. The highest BCUT2D eigenvalue weighted by molar-refractivity contribution is 5.04. The minimum Gasteiger partial charge on any atom is -0.311 e. The molecule has 2 aliphatic rings. The van der Waals surface area contributed by atoms with E-state index in [9.17, 15) is 0 Å². The van der Waals surface area contributed by atoms with Crippen LogP contribution in [0.1, 0.15) is 39.0 Å². The fourth-order valence-electron chi connectivity index (χ4n) is 2.63. The standard InChI is InChI=1S/C9H17N/c1-2-9-6-4-3-5-8(9)7-10-9/h8,10H,2-7H2,1H3/t8-,9-/m1/s1. The van der Waals surface area contributed by atoms with E-state index >= 15 is 0 Å². The van der Waals surface area contributed by atoms with Crippen molar-refractivity contribution in [2.75, 3.05) is 6.54 Å². The molecule has 0 unspecified atom stereocenters. The summed E-state index contributed by atoms with van der Waals surface area (Å²) >= 11 is 0. The van der Waals surface area contributed by atoms with Crippen molar-refractivity contribution in [3.63, 3.8) is 0 Å². The van der Waals surface area contributed by atoms with Crippen molar-refractivity contribution in [3.05, 3.63) is 0 Å². The van der Waals surface area contributed by atoms with Gasteiger partial charge in [0.2, 0.25) is 0 Å². The van der Waals surface area contributed by atoms with E-state index in [0.29, 0.717) is 5.54 Å². The molecule has 10 heavy (non-hydrogen) atoms. The van der Waals surface area contributed by atoms with Crippen molar-refractivity contribution >= 4 is 0 Å². The zero-order chi connectivity index (χ0) is 7.03. The molecule has 2 rings (SSSR count). The highest BCUT2D eigenvalue weighted by Crippen LogP contribution is 2.41. The lowest BCUT2D eigenvalue weighted by atomic mass is 9.66. The second-order valence-corrected chi connectivity index (χ2v) is 3.83. The quantitative estimate of drug-likeness (QED) is 0.585. The van der Waals surface area contributed by atoms with Gasteiger partial charge in [-0.25, -0.2) is 0 Å². The van der Waals surface area contributed by atoms with Crippen molar-refractivity contribution in [1.29, 1.82) is 0 Å². The summed E-state index contributed by atoms with van der Waals surface area (Å²) in [7, 11) is 0. The average Bonchev–Trinajstić information content (AvgIpc) is 1.93. The van der Waals surface area contributed by atoms with Gasteiger partial charge < -0.3 is 5.32 Å². The van der Waals surface area contributed by atoms with Gasteiger partial charge in [0.1, 0.15) is 0 Å². The monoisotopic (exact) mass is 139 g/mol. The van der Waals surface area contributed by atoms with Crippen LogP contribution in [0.2, 0.25) is 0 Å². The molecule has 0 aromatic carbocycles. The van der Waals surface area contributed by atoms with E-state index in [-0.39, 0.29) is 0 Å². The van der Waals surface area contributed by atoms with Crippen LogP contribution in [-0.4, -0.2) is 12.1 Å². The van der Waals surface area contributed by atoms with Gasteiger partial charge in [-0.05, 0) is 25.2 Å². The van der Waals surface area contributed by atoms with Gasteiger partial charge in [-0.1, -0.05) is 19.8 Å². The summed E-state index contributed by atoms with van der Waals surface area (Å²) in [6.45, 7) is 3.62. The second-order valence-electron chi connectivity index (χ2n) is 3.83. The molecule has 1 saturated heterocycles. The fraction of sp³-hybridized carbons (Fsp3) is 1.00. The third kappa shape index (κ3) is 0.731. The Morgan fingerprint density at radius 1 is 1.50 bits per heavy atom. The number of rotatable bonds is 1. The first-order chi connectivity index (χ1) is 4.87. The molecule has 2 fully saturated rings. The Balaban J connectivity index is 2.04. The van der Waals surface area contributed by atoms with E-state index in [1.54, 1.807) is 0 Å². The van der Waals surface area contributed by atoms with Gasteiger partial charge in [0.05, 0.1) is 0 Å². The molecule has 1 saturated carbocycles. The highest BCUT2D eigenvalue weighted by Gasteiger charge is 2.45. The van der Waals surface area contributed by atoms with Gasteiger partial charge in [-0.2, -0.15) is 0 Å². The maximum atomic E-state index is 3.61. The smallest absolute Gasteiger partial charge is 0.0219 e. The molecule has 58 valence electrons. The van der Waals surface area contributed by atoms with Gasteiger partial charge in [-0.15, -0.1) is 0 Å². The van der Waals surface area contributed by atoms with Crippen molar-refractivity contribution in [2.24, 2.45) is 5.92 Å². The molecule has 0 aromatic rings. The molecule has 0 bridgehead atoms. The van der Waals surface area contributed by atoms with Gasteiger partial charge in [0.15, 0.2) is 0 Å². The van der Waals surface area contributed by atoms with Gasteiger partial charge in [0, 0.05) is 12.1 Å². The first-order valence-corrected chi connectivity index (χ1v) is 4.62. The molecule has 2 atom stereocenters. The van der Waals surface area contributed by atoms with Crippen molar-refractivity contribution < 1.29 is 0 Å². The zero-order valence-corrected chi connectivity index (χ0v) is 6.82. The summed E-state index contributed by atoms with van der Waals surface area (Å²) in [4.78, 5) is 0. The van der Waals surface area contributed by atoms with Crippen LogP contribution in [0.25, 0.3) is 0 Å². The highest BCUT2D eigenvalue weighted by atomic mass is 15.1. The summed E-state index contributed by atoms with van der Waals surface area (Å²) in [6.07, 6.45) is 7.21. The van der Waals surface area contributed by atoms with Crippen LogP contribution in [0.3, 0.4) is 0 Å². The van der Waals surface area contributed by atoms with E-state index in [1.165, 1.54) is 38.6 Å². The number of nitrogens with one attached hydrogen (secondary N) is 1. The summed E-state index contributed by atoms with van der Waals surface area (Å²) in [5, 5.41) is 3.61. The van der Waals surface area contributed by atoms with E-state index < -0.39 is 0 Å². The Kier molecular flexibility index (Phi) is 1.48. The number of fused-ring (bicyclic) bond motifs is 1. The summed E-state index contributed by atoms with van der Waals surface area (Å²) in [6, 6.07) is 0. The molecular weight excluding hydrogens is 122 g/mol. The SMILES string of the molecule is CC[C@@]12CCCC[C@@H]1CN2. The van der Waals surface area contributed by atoms with Crippen LogP contribution in [0.4, 0.5) is 0 Å². The lowest BCUT2D eigenvalue weighted by molar-refractivity contribution is 0.0473. The van der Waals surface area contributed by atoms with E-state index in [0.717, 1.165) is 5.92 Å². The van der Waals surface area contributed by atoms with Gasteiger partial charge in [-0.3, -0.25) is 0 Å². The molecule has 1 aliphatic heterocycles. The minimum absolute atomic E-state index is 0.609. The van der Waals surface area contributed by atoms with Crippen LogP contribution in [0.15, 0.2) is 0 Å². The molecule has 0 spiro atoms. The normalized spacial score (nSPS) is 45.9. The van der Waals surface area contributed by atoms with Crippen LogP contribution >= 0.6 is 0 Å². The van der Waals surface area contributed by atoms with Crippen molar-refractivity contribution in [2.45, 2.75) is 44.6 Å². The van der Waals surface area contributed by atoms with Gasteiger partial charge in [0.25, 0.3) is 0 Å². The Bertz CT molecular complexity index is 129. The number of hydrogen-bond donors (Lipinski definition) is 1. The third-order valence-electron chi connectivity index (χ3n) is 3.54. The Labute approximate surface area is 63.2 Å². The van der Waals surface area contributed by atoms with Crippen molar-refractivity contribution in [3.8, 4) is 0 Å². The Morgan fingerprint density at radius 3 is 2.80 bits per heavy atom. The van der Waals surface area contributed by atoms with Crippen LogP contribution in [-0.2, 0) is 0 Å².